The van der Waals surface area contributed by atoms with Crippen LogP contribution in [-0.4, -0.2) is 46.9 Å². The minimum atomic E-state index is -1.06. The molecular formula is C18H26N2O4. The fourth-order valence-electron chi connectivity index (χ4n) is 2.45. The summed E-state index contributed by atoms with van der Waals surface area (Å²) in [4.78, 5) is 36.8. The van der Waals surface area contributed by atoms with Crippen molar-refractivity contribution in [3.63, 3.8) is 0 Å². The van der Waals surface area contributed by atoms with Crippen LogP contribution >= 0.6 is 0 Å². The maximum Gasteiger partial charge on any atom is 0.326 e. The molecular weight excluding hydrogens is 308 g/mol. The molecule has 0 aromatic heterocycles. The van der Waals surface area contributed by atoms with Crippen LogP contribution in [0.15, 0.2) is 30.3 Å². The van der Waals surface area contributed by atoms with Crippen molar-refractivity contribution >= 4 is 17.8 Å². The Balaban J connectivity index is 2.43. The third-order valence-corrected chi connectivity index (χ3v) is 3.83. The molecule has 1 aromatic rings. The van der Waals surface area contributed by atoms with E-state index in [0.717, 1.165) is 5.56 Å². The molecule has 6 heteroatoms. The Morgan fingerprint density at radius 2 is 1.71 bits per heavy atom. The van der Waals surface area contributed by atoms with Crippen molar-refractivity contribution in [2.45, 2.75) is 45.6 Å². The number of nitrogens with one attached hydrogen (secondary N) is 1. The van der Waals surface area contributed by atoms with Crippen LogP contribution in [0.3, 0.4) is 0 Å². The van der Waals surface area contributed by atoms with Gasteiger partial charge in [-0.1, -0.05) is 30.3 Å². The van der Waals surface area contributed by atoms with E-state index in [9.17, 15) is 19.5 Å². The lowest BCUT2D eigenvalue weighted by Crippen LogP contribution is -2.42. The van der Waals surface area contributed by atoms with Gasteiger partial charge in [-0.15, -0.1) is 0 Å². The fraction of sp³-hybridized carbons (Fsp3) is 0.500. The van der Waals surface area contributed by atoms with Crippen LogP contribution in [0.4, 0.5) is 0 Å². The van der Waals surface area contributed by atoms with E-state index in [2.05, 4.69) is 5.32 Å². The summed E-state index contributed by atoms with van der Waals surface area (Å²) < 4.78 is 0. The van der Waals surface area contributed by atoms with Crippen molar-refractivity contribution in [1.82, 2.24) is 10.2 Å². The van der Waals surface area contributed by atoms with Crippen LogP contribution in [-0.2, 0) is 20.8 Å². The number of carboxylic acid groups (broad SMARTS) is 1. The summed E-state index contributed by atoms with van der Waals surface area (Å²) in [5.74, 6) is -1.39. The monoisotopic (exact) mass is 334 g/mol. The first-order chi connectivity index (χ1) is 11.5. The standard InChI is InChI=1S/C18H26N2O4/c1-3-20(4-2)17(22)12-8-11-16(21)19-15(18(23)24)13-14-9-6-5-7-10-14/h5-7,9-10,15H,3-4,8,11-13H2,1-2H3,(H,19,21)(H,23,24). The lowest BCUT2D eigenvalue weighted by atomic mass is 10.1. The average Bonchev–Trinajstić information content (AvgIpc) is 2.56. The number of carbonyl (C=O) groups excluding carboxylic acids is 2. The largest absolute Gasteiger partial charge is 0.480 e. The quantitative estimate of drug-likeness (QED) is 0.683. The highest BCUT2D eigenvalue weighted by Crippen LogP contribution is 2.05. The van der Waals surface area contributed by atoms with E-state index in [4.69, 9.17) is 0 Å². The number of hydrogen-bond donors (Lipinski definition) is 2. The Morgan fingerprint density at radius 3 is 2.25 bits per heavy atom. The van der Waals surface area contributed by atoms with E-state index < -0.39 is 12.0 Å². The summed E-state index contributed by atoms with van der Waals surface area (Å²) in [6, 6.07) is 8.20. The summed E-state index contributed by atoms with van der Waals surface area (Å²) in [7, 11) is 0. The number of benzene rings is 1. The van der Waals surface area contributed by atoms with E-state index in [1.807, 2.05) is 44.2 Å². The first-order valence-corrected chi connectivity index (χ1v) is 8.31. The maximum atomic E-state index is 11.9. The van der Waals surface area contributed by atoms with E-state index in [1.165, 1.54) is 0 Å². The normalized spacial score (nSPS) is 11.6. The number of carbonyl (C=O) groups is 3. The minimum Gasteiger partial charge on any atom is -0.480 e. The van der Waals surface area contributed by atoms with Crippen molar-refractivity contribution in [2.75, 3.05) is 13.1 Å². The molecule has 0 fully saturated rings. The predicted molar refractivity (Wildman–Crippen MR) is 91.5 cm³/mol. The zero-order valence-electron chi connectivity index (χ0n) is 14.3. The molecule has 0 aliphatic carbocycles. The van der Waals surface area contributed by atoms with E-state index >= 15 is 0 Å². The van der Waals surface area contributed by atoms with Crippen LogP contribution < -0.4 is 5.32 Å². The van der Waals surface area contributed by atoms with Crippen LogP contribution in [0.1, 0.15) is 38.7 Å². The summed E-state index contributed by atoms with van der Waals surface area (Å²) in [5, 5.41) is 11.8. The van der Waals surface area contributed by atoms with Gasteiger partial charge in [-0.3, -0.25) is 9.59 Å². The molecule has 1 rings (SSSR count). The summed E-state index contributed by atoms with van der Waals surface area (Å²) in [6.45, 7) is 5.13. The molecule has 0 radical (unpaired) electrons. The van der Waals surface area contributed by atoms with Gasteiger partial charge in [0.25, 0.3) is 0 Å². The first-order valence-electron chi connectivity index (χ1n) is 8.31. The van der Waals surface area contributed by atoms with Gasteiger partial charge in [0.15, 0.2) is 0 Å². The second kappa shape index (κ2) is 10.4. The highest BCUT2D eigenvalue weighted by atomic mass is 16.4. The molecule has 24 heavy (non-hydrogen) atoms. The number of hydrogen-bond acceptors (Lipinski definition) is 3. The highest BCUT2D eigenvalue weighted by molar-refractivity contribution is 5.84. The zero-order chi connectivity index (χ0) is 17.9. The molecule has 0 aliphatic rings. The molecule has 0 saturated heterocycles. The van der Waals surface area contributed by atoms with Crippen LogP contribution in [0, 0.1) is 0 Å². The van der Waals surface area contributed by atoms with Crippen LogP contribution in [0.5, 0.6) is 0 Å². The second-order valence-electron chi connectivity index (χ2n) is 5.57. The molecule has 6 nitrogen and oxygen atoms in total. The highest BCUT2D eigenvalue weighted by Gasteiger charge is 2.20. The molecule has 1 aromatic carbocycles. The van der Waals surface area contributed by atoms with Gasteiger partial charge in [-0.2, -0.15) is 0 Å². The Kier molecular flexibility index (Phi) is 8.54. The molecule has 1 atom stereocenters. The van der Waals surface area contributed by atoms with Gasteiger partial charge in [-0.05, 0) is 25.8 Å². The van der Waals surface area contributed by atoms with Crippen LogP contribution in [0.2, 0.25) is 0 Å². The SMILES string of the molecule is CCN(CC)C(=O)CCCC(=O)NC(Cc1ccccc1)C(=O)O. The van der Waals surface area contributed by atoms with Gasteiger partial charge in [0.2, 0.25) is 11.8 Å². The van der Waals surface area contributed by atoms with Gasteiger partial charge < -0.3 is 15.3 Å². The Labute approximate surface area is 142 Å². The summed E-state index contributed by atoms with van der Waals surface area (Å²) in [5.41, 5.74) is 0.849. The Morgan fingerprint density at radius 1 is 1.08 bits per heavy atom. The molecule has 1 unspecified atom stereocenters. The molecule has 0 bridgehead atoms. The van der Waals surface area contributed by atoms with E-state index in [-0.39, 0.29) is 24.7 Å². The number of nitrogens with zero attached hydrogens (tertiary/aromatic N) is 1. The topological polar surface area (TPSA) is 86.7 Å². The van der Waals surface area contributed by atoms with Gasteiger partial charge in [0, 0.05) is 32.4 Å². The van der Waals surface area contributed by atoms with Crippen molar-refractivity contribution in [1.29, 1.82) is 0 Å². The number of carboxylic acids is 1. The fourth-order valence-corrected chi connectivity index (χ4v) is 2.45. The molecule has 0 heterocycles. The molecule has 2 amide bonds. The van der Waals surface area contributed by atoms with E-state index in [1.54, 1.807) is 4.90 Å². The third kappa shape index (κ3) is 6.81. The third-order valence-electron chi connectivity index (χ3n) is 3.83. The van der Waals surface area contributed by atoms with Crippen molar-refractivity contribution in [3.8, 4) is 0 Å². The number of amides is 2. The smallest absolute Gasteiger partial charge is 0.326 e. The molecule has 2 N–H and O–H groups in total. The van der Waals surface area contributed by atoms with Crippen molar-refractivity contribution in [3.05, 3.63) is 35.9 Å². The lowest BCUT2D eigenvalue weighted by Gasteiger charge is -2.18. The number of rotatable bonds is 10. The molecule has 0 saturated carbocycles. The Hall–Kier alpha value is -2.37. The Bertz CT molecular complexity index is 541. The summed E-state index contributed by atoms with van der Waals surface area (Å²) >= 11 is 0. The molecule has 132 valence electrons. The van der Waals surface area contributed by atoms with Crippen molar-refractivity contribution < 1.29 is 19.5 Å². The van der Waals surface area contributed by atoms with Gasteiger partial charge in [0.1, 0.15) is 6.04 Å². The van der Waals surface area contributed by atoms with E-state index in [0.29, 0.717) is 25.9 Å². The average molecular weight is 334 g/mol. The number of aliphatic carboxylic acids is 1. The summed E-state index contributed by atoms with van der Waals surface area (Å²) in [6.07, 6.45) is 1.09. The van der Waals surface area contributed by atoms with Crippen molar-refractivity contribution in [2.24, 2.45) is 0 Å². The zero-order valence-corrected chi connectivity index (χ0v) is 14.3. The minimum absolute atomic E-state index is 0.0203. The maximum absolute atomic E-state index is 11.9. The molecule has 0 aliphatic heterocycles. The van der Waals surface area contributed by atoms with Crippen LogP contribution in [0.25, 0.3) is 0 Å². The first kappa shape index (κ1) is 19.7. The van der Waals surface area contributed by atoms with Gasteiger partial charge >= 0.3 is 5.97 Å². The molecule has 0 spiro atoms. The van der Waals surface area contributed by atoms with Gasteiger partial charge in [-0.25, -0.2) is 4.79 Å². The van der Waals surface area contributed by atoms with Gasteiger partial charge in [0.05, 0.1) is 0 Å². The predicted octanol–water partition coefficient (Wildman–Crippen LogP) is 1.84. The lowest BCUT2D eigenvalue weighted by molar-refractivity contribution is -0.142. The second-order valence-corrected chi connectivity index (χ2v) is 5.57.